The molecule has 1 amide bonds. The number of hydrogen-bond donors (Lipinski definition) is 2. The topological polar surface area (TPSA) is 66.0 Å². The molecule has 4 rings (SSSR count). The fourth-order valence-corrected chi connectivity index (χ4v) is 3.57. The van der Waals surface area contributed by atoms with E-state index >= 15 is 0 Å². The number of fused-ring (bicyclic) bond motifs is 1. The second-order valence-corrected chi connectivity index (χ2v) is 7.53. The van der Waals surface area contributed by atoms with E-state index in [9.17, 15) is 4.79 Å². The average molecular weight is 520 g/mol. The lowest BCUT2D eigenvalue weighted by atomic mass is 10.1. The van der Waals surface area contributed by atoms with Gasteiger partial charge in [0.05, 0.1) is 0 Å². The number of para-hydroxylation sites is 1. The Morgan fingerprint density at radius 1 is 1.17 bits per heavy atom. The number of nitrogens with zero attached hydrogens (tertiary/aromatic N) is 2. The van der Waals surface area contributed by atoms with Crippen LogP contribution in [0.15, 0.2) is 53.5 Å². The summed E-state index contributed by atoms with van der Waals surface area (Å²) in [4.78, 5) is 18.4. The summed E-state index contributed by atoms with van der Waals surface area (Å²) in [6.07, 6.45) is 4.11. The first kappa shape index (κ1) is 22.4. The van der Waals surface area contributed by atoms with Crippen LogP contribution in [0.1, 0.15) is 24.0 Å². The van der Waals surface area contributed by atoms with Gasteiger partial charge in [0.1, 0.15) is 5.75 Å². The minimum Gasteiger partial charge on any atom is -0.484 e. The Kier molecular flexibility index (Phi) is 7.95. The van der Waals surface area contributed by atoms with Crippen LogP contribution in [-0.2, 0) is 17.6 Å². The van der Waals surface area contributed by atoms with E-state index in [-0.39, 0.29) is 36.5 Å². The number of guanidine groups is 1. The van der Waals surface area contributed by atoms with Gasteiger partial charge in [0, 0.05) is 31.9 Å². The third kappa shape index (κ3) is 5.87. The van der Waals surface area contributed by atoms with E-state index in [0.717, 1.165) is 50.5 Å². The molecule has 0 atom stereocenters. The first-order valence-corrected chi connectivity index (χ1v) is 10.3. The van der Waals surface area contributed by atoms with E-state index in [1.165, 1.54) is 16.8 Å². The molecule has 0 spiro atoms. The van der Waals surface area contributed by atoms with E-state index in [1.807, 2.05) is 31.3 Å². The summed E-state index contributed by atoms with van der Waals surface area (Å²) in [7, 11) is 1.83. The summed E-state index contributed by atoms with van der Waals surface area (Å²) in [5, 5.41) is 6.39. The van der Waals surface area contributed by atoms with Crippen LogP contribution in [-0.4, -0.2) is 44.7 Å². The van der Waals surface area contributed by atoms with E-state index in [2.05, 4.69) is 44.8 Å². The quantitative estimate of drug-likeness (QED) is 0.335. The molecule has 0 bridgehead atoms. The van der Waals surface area contributed by atoms with Gasteiger partial charge in [-0.2, -0.15) is 0 Å². The second kappa shape index (κ2) is 10.7. The summed E-state index contributed by atoms with van der Waals surface area (Å²) in [5.41, 5.74) is 3.83. The highest BCUT2D eigenvalue weighted by Gasteiger charge is 2.23. The monoisotopic (exact) mass is 520 g/mol. The molecule has 1 aliphatic heterocycles. The predicted molar refractivity (Wildman–Crippen MR) is 131 cm³/mol. The van der Waals surface area contributed by atoms with Gasteiger partial charge in [-0.1, -0.05) is 30.3 Å². The molecule has 0 aromatic heterocycles. The maximum Gasteiger partial charge on any atom is 0.258 e. The van der Waals surface area contributed by atoms with E-state index in [0.29, 0.717) is 6.04 Å². The highest BCUT2D eigenvalue weighted by molar-refractivity contribution is 14.0. The highest BCUT2D eigenvalue weighted by Crippen LogP contribution is 2.27. The molecule has 1 aliphatic carbocycles. The third-order valence-corrected chi connectivity index (χ3v) is 5.29. The lowest BCUT2D eigenvalue weighted by Crippen LogP contribution is -2.41. The number of carbonyl (C=O) groups excluding carboxylic acids is 1. The van der Waals surface area contributed by atoms with Crippen molar-refractivity contribution in [1.29, 1.82) is 0 Å². The molecule has 2 aromatic rings. The number of amides is 1. The first-order valence-electron chi connectivity index (χ1n) is 10.3. The Hall–Kier alpha value is -2.29. The lowest BCUT2D eigenvalue weighted by Gasteiger charge is -2.22. The van der Waals surface area contributed by atoms with Crippen LogP contribution in [0, 0.1) is 0 Å². The highest BCUT2D eigenvalue weighted by atomic mass is 127. The summed E-state index contributed by atoms with van der Waals surface area (Å²) in [6.45, 7) is 1.83. The number of hydrogen-bond acceptors (Lipinski definition) is 3. The van der Waals surface area contributed by atoms with E-state index in [4.69, 9.17) is 4.74 Å². The Morgan fingerprint density at radius 2 is 1.93 bits per heavy atom. The number of halogens is 1. The molecular weight excluding hydrogens is 491 g/mol. The Morgan fingerprint density at radius 3 is 2.67 bits per heavy atom. The molecule has 0 saturated heterocycles. The minimum atomic E-state index is -0.0457. The Labute approximate surface area is 195 Å². The molecule has 2 aliphatic rings. The maximum absolute atomic E-state index is 11.7. The number of ether oxygens (including phenoxy) is 1. The van der Waals surface area contributed by atoms with Crippen molar-refractivity contribution in [3.8, 4) is 5.75 Å². The SMILES string of the molecule is CN=C(NCCc1ccc(OCC(=O)NC2CC2)cc1)N1CCc2ccccc21.I. The number of carbonyl (C=O) groups is 1. The summed E-state index contributed by atoms with van der Waals surface area (Å²) in [6, 6.07) is 16.8. The lowest BCUT2D eigenvalue weighted by molar-refractivity contribution is -0.123. The van der Waals surface area contributed by atoms with Gasteiger partial charge in [-0.3, -0.25) is 9.79 Å². The Balaban J connectivity index is 0.00000256. The van der Waals surface area contributed by atoms with Crippen LogP contribution in [0.25, 0.3) is 0 Å². The van der Waals surface area contributed by atoms with Gasteiger partial charge in [0.2, 0.25) is 0 Å². The number of benzene rings is 2. The fraction of sp³-hybridized carbons (Fsp3) is 0.391. The van der Waals surface area contributed by atoms with Crippen molar-refractivity contribution in [3.05, 3.63) is 59.7 Å². The van der Waals surface area contributed by atoms with Crippen molar-refractivity contribution in [3.63, 3.8) is 0 Å². The molecule has 0 radical (unpaired) electrons. The molecular formula is C23H29IN4O2. The molecule has 6 nitrogen and oxygen atoms in total. The second-order valence-electron chi connectivity index (χ2n) is 7.53. The summed E-state index contributed by atoms with van der Waals surface area (Å²) in [5.74, 6) is 1.59. The smallest absolute Gasteiger partial charge is 0.258 e. The van der Waals surface area contributed by atoms with Crippen LogP contribution < -0.4 is 20.3 Å². The fourth-order valence-electron chi connectivity index (χ4n) is 3.57. The summed E-state index contributed by atoms with van der Waals surface area (Å²) >= 11 is 0. The average Bonchev–Trinajstić information content (AvgIpc) is 3.46. The Bertz CT molecular complexity index is 881. The number of rotatable bonds is 7. The molecule has 1 saturated carbocycles. The van der Waals surface area contributed by atoms with Crippen molar-refractivity contribution in [2.45, 2.75) is 31.7 Å². The largest absolute Gasteiger partial charge is 0.484 e. The zero-order valence-electron chi connectivity index (χ0n) is 17.3. The van der Waals surface area contributed by atoms with Crippen molar-refractivity contribution in [1.82, 2.24) is 10.6 Å². The van der Waals surface area contributed by atoms with Crippen molar-refractivity contribution < 1.29 is 9.53 Å². The van der Waals surface area contributed by atoms with Crippen LogP contribution in [0.2, 0.25) is 0 Å². The van der Waals surface area contributed by atoms with Crippen LogP contribution in [0.3, 0.4) is 0 Å². The van der Waals surface area contributed by atoms with Crippen LogP contribution >= 0.6 is 24.0 Å². The molecule has 160 valence electrons. The predicted octanol–water partition coefficient (Wildman–Crippen LogP) is 3.14. The van der Waals surface area contributed by atoms with Gasteiger partial charge in [-0.15, -0.1) is 24.0 Å². The zero-order chi connectivity index (χ0) is 20.1. The molecule has 2 N–H and O–H groups in total. The van der Waals surface area contributed by atoms with Gasteiger partial charge in [-0.25, -0.2) is 0 Å². The van der Waals surface area contributed by atoms with E-state index in [1.54, 1.807) is 0 Å². The standard InChI is InChI=1S/C23H28N4O2.HI/c1-24-23(27-15-13-18-4-2-3-5-21(18)27)25-14-12-17-6-10-20(11-7-17)29-16-22(28)26-19-8-9-19;/h2-7,10-11,19H,8-9,12-16H2,1H3,(H,24,25)(H,26,28);1H. The molecule has 30 heavy (non-hydrogen) atoms. The molecule has 0 unspecified atom stereocenters. The molecule has 1 heterocycles. The molecule has 2 aromatic carbocycles. The van der Waals surface area contributed by atoms with Crippen molar-refractivity contribution >= 4 is 41.5 Å². The van der Waals surface area contributed by atoms with Gasteiger partial charge in [0.15, 0.2) is 12.6 Å². The minimum absolute atomic E-state index is 0. The van der Waals surface area contributed by atoms with Crippen molar-refractivity contribution in [2.24, 2.45) is 4.99 Å². The number of nitrogens with one attached hydrogen (secondary N) is 2. The van der Waals surface area contributed by atoms with Crippen LogP contribution in [0.5, 0.6) is 5.75 Å². The van der Waals surface area contributed by atoms with Gasteiger partial charge >= 0.3 is 0 Å². The molecule has 1 fully saturated rings. The summed E-state index contributed by atoms with van der Waals surface area (Å²) < 4.78 is 5.56. The first-order chi connectivity index (χ1) is 14.2. The van der Waals surface area contributed by atoms with Crippen LogP contribution in [0.4, 0.5) is 5.69 Å². The zero-order valence-corrected chi connectivity index (χ0v) is 19.6. The van der Waals surface area contributed by atoms with Crippen molar-refractivity contribution in [2.75, 3.05) is 31.6 Å². The number of anilines is 1. The van der Waals surface area contributed by atoms with Gasteiger partial charge in [0.25, 0.3) is 5.91 Å². The molecule has 7 heteroatoms. The van der Waals surface area contributed by atoms with Gasteiger partial charge < -0.3 is 20.3 Å². The number of aliphatic imine (C=N–C) groups is 1. The van der Waals surface area contributed by atoms with E-state index < -0.39 is 0 Å². The van der Waals surface area contributed by atoms with Gasteiger partial charge in [-0.05, 0) is 55.0 Å². The normalized spacial score (nSPS) is 15.2. The maximum atomic E-state index is 11.7. The third-order valence-electron chi connectivity index (χ3n) is 5.29.